The fraction of sp³-hybridized carbons (Fsp3) is 0.214. The number of hydrogen-bond donors (Lipinski definition) is 0. The van der Waals surface area contributed by atoms with Crippen molar-refractivity contribution in [3.8, 4) is 10.4 Å². The third-order valence-corrected chi connectivity index (χ3v) is 4.44. The highest BCUT2D eigenvalue weighted by Gasteiger charge is 2.31. The van der Waals surface area contributed by atoms with E-state index in [-0.39, 0.29) is 17.5 Å². The molecule has 0 atom stereocenters. The van der Waals surface area contributed by atoms with Gasteiger partial charge in [0.15, 0.2) is 5.78 Å². The Morgan fingerprint density at radius 3 is 2.72 bits per heavy atom. The van der Waals surface area contributed by atoms with Crippen LogP contribution in [0, 0.1) is 11.7 Å². The van der Waals surface area contributed by atoms with E-state index in [2.05, 4.69) is 0 Å². The summed E-state index contributed by atoms with van der Waals surface area (Å²) in [5.74, 6) is 0.0965. The number of carbonyl (C=O) groups is 1. The van der Waals surface area contributed by atoms with E-state index in [0.29, 0.717) is 5.02 Å². The zero-order chi connectivity index (χ0) is 12.7. The molecular weight excluding hydrogens is 271 g/mol. The van der Waals surface area contributed by atoms with Crippen LogP contribution in [0.3, 0.4) is 0 Å². The minimum Gasteiger partial charge on any atom is -0.293 e. The van der Waals surface area contributed by atoms with Gasteiger partial charge in [-0.1, -0.05) is 11.6 Å². The predicted octanol–water partition coefficient (Wildman–Crippen LogP) is 4.80. The highest BCUT2D eigenvalue weighted by molar-refractivity contribution is 7.17. The van der Waals surface area contributed by atoms with Crippen LogP contribution in [-0.2, 0) is 0 Å². The Morgan fingerprint density at radius 2 is 2.06 bits per heavy atom. The van der Waals surface area contributed by atoms with E-state index in [0.717, 1.165) is 28.2 Å². The maximum absolute atomic E-state index is 13.0. The Kier molecular flexibility index (Phi) is 2.96. The second kappa shape index (κ2) is 4.48. The van der Waals surface area contributed by atoms with Crippen LogP contribution >= 0.6 is 22.9 Å². The maximum Gasteiger partial charge on any atom is 0.175 e. The summed E-state index contributed by atoms with van der Waals surface area (Å²) in [5, 5.41) is 0.377. The van der Waals surface area contributed by atoms with Crippen LogP contribution in [0.4, 0.5) is 4.39 Å². The molecule has 1 aliphatic rings. The zero-order valence-corrected chi connectivity index (χ0v) is 11.0. The molecule has 1 aromatic carbocycles. The highest BCUT2D eigenvalue weighted by Crippen LogP contribution is 2.38. The summed E-state index contributed by atoms with van der Waals surface area (Å²) in [6, 6.07) is 8.02. The van der Waals surface area contributed by atoms with Crippen LogP contribution in [0.1, 0.15) is 22.5 Å². The highest BCUT2D eigenvalue weighted by atomic mass is 35.5. The molecule has 1 nitrogen and oxygen atoms in total. The lowest BCUT2D eigenvalue weighted by molar-refractivity contribution is 0.0971. The number of Topliss-reactive ketones (excluding diaryl/α,β-unsaturated/α-hetero) is 1. The van der Waals surface area contributed by atoms with E-state index in [1.165, 1.54) is 23.5 Å². The number of carbonyl (C=O) groups excluding carboxylic acids is 1. The molecule has 1 saturated carbocycles. The number of hydrogen-bond acceptors (Lipinski definition) is 2. The summed E-state index contributed by atoms with van der Waals surface area (Å²) in [6.07, 6.45) is 2.01. The molecule has 1 aromatic heterocycles. The van der Waals surface area contributed by atoms with Gasteiger partial charge in [0.05, 0.1) is 9.90 Å². The molecule has 4 heteroatoms. The van der Waals surface area contributed by atoms with Crippen molar-refractivity contribution in [2.75, 3.05) is 0 Å². The van der Waals surface area contributed by atoms with E-state index < -0.39 is 0 Å². The van der Waals surface area contributed by atoms with Crippen LogP contribution in [0.25, 0.3) is 10.4 Å². The number of halogens is 2. The maximum atomic E-state index is 13.0. The van der Waals surface area contributed by atoms with E-state index >= 15 is 0 Å². The molecule has 1 heterocycles. The largest absolute Gasteiger partial charge is 0.293 e. The van der Waals surface area contributed by atoms with Crippen molar-refractivity contribution in [2.24, 2.45) is 5.92 Å². The van der Waals surface area contributed by atoms with Crippen molar-refractivity contribution in [3.05, 3.63) is 46.0 Å². The third kappa shape index (κ3) is 2.20. The van der Waals surface area contributed by atoms with Crippen molar-refractivity contribution < 1.29 is 9.18 Å². The van der Waals surface area contributed by atoms with E-state index in [1.807, 2.05) is 12.1 Å². The smallest absolute Gasteiger partial charge is 0.175 e. The third-order valence-electron chi connectivity index (χ3n) is 2.99. The molecule has 18 heavy (non-hydrogen) atoms. The molecule has 92 valence electrons. The van der Waals surface area contributed by atoms with Gasteiger partial charge in [-0.2, -0.15) is 0 Å². The number of thiophene rings is 1. The lowest BCUT2D eigenvalue weighted by atomic mass is 10.2. The first-order valence-corrected chi connectivity index (χ1v) is 6.94. The molecule has 0 N–H and O–H groups in total. The van der Waals surface area contributed by atoms with Crippen molar-refractivity contribution >= 4 is 28.7 Å². The topological polar surface area (TPSA) is 17.1 Å². The zero-order valence-electron chi connectivity index (χ0n) is 9.45. The molecule has 0 aliphatic heterocycles. The summed E-state index contributed by atoms with van der Waals surface area (Å²) < 4.78 is 13.0. The first-order valence-electron chi connectivity index (χ1n) is 5.74. The van der Waals surface area contributed by atoms with Gasteiger partial charge in [-0.05, 0) is 43.2 Å². The van der Waals surface area contributed by atoms with Crippen molar-refractivity contribution in [3.63, 3.8) is 0 Å². The average Bonchev–Trinajstić information content (AvgIpc) is 3.07. The first-order chi connectivity index (χ1) is 8.65. The van der Waals surface area contributed by atoms with Crippen molar-refractivity contribution in [1.82, 2.24) is 0 Å². The van der Waals surface area contributed by atoms with Gasteiger partial charge in [0.25, 0.3) is 0 Å². The van der Waals surface area contributed by atoms with Gasteiger partial charge in [-0.25, -0.2) is 4.39 Å². The minimum absolute atomic E-state index is 0.222. The van der Waals surface area contributed by atoms with Crippen LogP contribution in [-0.4, -0.2) is 5.78 Å². The number of benzene rings is 1. The normalized spacial score (nSPS) is 14.8. The Balaban J connectivity index is 1.94. The fourth-order valence-electron chi connectivity index (χ4n) is 1.85. The monoisotopic (exact) mass is 280 g/mol. The summed E-state index contributed by atoms with van der Waals surface area (Å²) >= 11 is 7.44. The Hall–Kier alpha value is -1.19. The standard InChI is InChI=1S/C14H10ClFOS/c15-11-7-9(16)3-4-10(11)12-5-6-13(18-12)14(17)8-1-2-8/h3-8H,1-2H2. The molecule has 0 bridgehead atoms. The predicted molar refractivity (Wildman–Crippen MR) is 71.8 cm³/mol. The summed E-state index contributed by atoms with van der Waals surface area (Å²) in [4.78, 5) is 13.6. The Bertz CT molecular complexity index is 616. The van der Waals surface area contributed by atoms with Crippen LogP contribution < -0.4 is 0 Å². The molecule has 3 rings (SSSR count). The summed E-state index contributed by atoms with van der Waals surface area (Å²) in [5.41, 5.74) is 0.776. The minimum atomic E-state index is -0.352. The molecule has 1 fully saturated rings. The second-order valence-electron chi connectivity index (χ2n) is 4.43. The average molecular weight is 281 g/mol. The molecule has 0 saturated heterocycles. The number of rotatable bonds is 3. The number of ketones is 1. The van der Waals surface area contributed by atoms with Gasteiger partial charge in [-0.3, -0.25) is 4.79 Å². The van der Waals surface area contributed by atoms with Gasteiger partial charge in [0, 0.05) is 16.4 Å². The van der Waals surface area contributed by atoms with E-state index in [9.17, 15) is 9.18 Å². The van der Waals surface area contributed by atoms with Gasteiger partial charge < -0.3 is 0 Å². The van der Waals surface area contributed by atoms with Gasteiger partial charge in [0.1, 0.15) is 5.82 Å². The summed E-state index contributed by atoms with van der Waals surface area (Å²) in [7, 11) is 0. The van der Waals surface area contributed by atoms with Crippen LogP contribution in [0.5, 0.6) is 0 Å². The molecule has 2 aromatic rings. The first kappa shape index (κ1) is 11.9. The SMILES string of the molecule is O=C(c1ccc(-c2ccc(F)cc2Cl)s1)C1CC1. The molecular formula is C14H10ClFOS. The van der Waals surface area contributed by atoms with Gasteiger partial charge in [0.2, 0.25) is 0 Å². The molecule has 0 spiro atoms. The molecule has 0 unspecified atom stereocenters. The quantitative estimate of drug-likeness (QED) is 0.738. The van der Waals surface area contributed by atoms with E-state index in [4.69, 9.17) is 11.6 Å². The summed E-state index contributed by atoms with van der Waals surface area (Å²) in [6.45, 7) is 0. The van der Waals surface area contributed by atoms with Gasteiger partial charge >= 0.3 is 0 Å². The Labute approximate surface area is 113 Å². The van der Waals surface area contributed by atoms with Crippen molar-refractivity contribution in [2.45, 2.75) is 12.8 Å². The Morgan fingerprint density at radius 1 is 1.28 bits per heavy atom. The van der Waals surface area contributed by atoms with Gasteiger partial charge in [-0.15, -0.1) is 11.3 Å². The molecule has 0 amide bonds. The fourth-order valence-corrected chi connectivity index (χ4v) is 3.24. The lowest BCUT2D eigenvalue weighted by Crippen LogP contribution is -1.96. The van der Waals surface area contributed by atoms with Crippen molar-refractivity contribution in [1.29, 1.82) is 0 Å². The lowest BCUT2D eigenvalue weighted by Gasteiger charge is -2.00. The van der Waals surface area contributed by atoms with Crippen LogP contribution in [0.2, 0.25) is 5.02 Å². The van der Waals surface area contributed by atoms with Crippen LogP contribution in [0.15, 0.2) is 30.3 Å². The molecule has 1 aliphatic carbocycles. The molecule has 0 radical (unpaired) electrons. The second-order valence-corrected chi connectivity index (χ2v) is 5.92. The van der Waals surface area contributed by atoms with E-state index in [1.54, 1.807) is 6.07 Å².